The molecule has 0 bridgehead atoms. The van der Waals surface area contributed by atoms with E-state index in [9.17, 15) is 0 Å². The molecule has 2 aromatic carbocycles. The summed E-state index contributed by atoms with van der Waals surface area (Å²) in [6, 6.07) is 19.6. The number of nitrogens with one attached hydrogen (secondary N) is 2. The maximum atomic E-state index is 6.24. The molecule has 2 atom stereocenters. The summed E-state index contributed by atoms with van der Waals surface area (Å²) in [4.78, 5) is 0. The van der Waals surface area contributed by atoms with Crippen LogP contribution in [0.15, 0.2) is 54.6 Å². The van der Waals surface area contributed by atoms with Gasteiger partial charge in [0, 0.05) is 23.7 Å². The lowest BCUT2D eigenvalue weighted by atomic mass is 9.92. The van der Waals surface area contributed by atoms with Gasteiger partial charge in [-0.2, -0.15) is 0 Å². The molecular formula is C18H21ClN2. The summed E-state index contributed by atoms with van der Waals surface area (Å²) in [7, 11) is 0. The molecular weight excluding hydrogens is 280 g/mol. The molecule has 0 radical (unpaired) electrons. The minimum atomic E-state index is 0.377. The van der Waals surface area contributed by atoms with Crippen molar-refractivity contribution in [1.82, 2.24) is 10.6 Å². The summed E-state index contributed by atoms with van der Waals surface area (Å²) in [6.07, 6.45) is 2.40. The topological polar surface area (TPSA) is 24.1 Å². The lowest BCUT2D eigenvalue weighted by Crippen LogP contribution is -2.45. The molecule has 1 aliphatic heterocycles. The van der Waals surface area contributed by atoms with E-state index < -0.39 is 0 Å². The van der Waals surface area contributed by atoms with E-state index in [1.165, 1.54) is 18.4 Å². The van der Waals surface area contributed by atoms with Gasteiger partial charge in [0.15, 0.2) is 0 Å². The zero-order valence-electron chi connectivity index (χ0n) is 12.1. The molecule has 21 heavy (non-hydrogen) atoms. The largest absolute Gasteiger partial charge is 0.309 e. The maximum Gasteiger partial charge on any atom is 0.0476 e. The predicted octanol–water partition coefficient (Wildman–Crippen LogP) is 3.92. The van der Waals surface area contributed by atoms with Crippen molar-refractivity contribution >= 4 is 11.6 Å². The lowest BCUT2D eigenvalue weighted by Gasteiger charge is -2.34. The van der Waals surface area contributed by atoms with Gasteiger partial charge in [-0.1, -0.05) is 60.1 Å². The van der Waals surface area contributed by atoms with Crippen molar-refractivity contribution in [2.75, 3.05) is 6.54 Å². The summed E-state index contributed by atoms with van der Waals surface area (Å²) in [5.41, 5.74) is 2.52. The Hall–Kier alpha value is -1.35. The fourth-order valence-corrected chi connectivity index (χ4v) is 3.20. The number of benzene rings is 2. The second-order valence-corrected chi connectivity index (χ2v) is 5.97. The molecule has 1 heterocycles. The Labute approximate surface area is 131 Å². The van der Waals surface area contributed by atoms with Crippen molar-refractivity contribution < 1.29 is 0 Å². The molecule has 1 saturated heterocycles. The van der Waals surface area contributed by atoms with Crippen molar-refractivity contribution in [3.05, 3.63) is 70.7 Å². The highest BCUT2D eigenvalue weighted by molar-refractivity contribution is 6.31. The van der Waals surface area contributed by atoms with E-state index in [4.69, 9.17) is 11.6 Å². The predicted molar refractivity (Wildman–Crippen MR) is 88.5 cm³/mol. The first kappa shape index (κ1) is 14.6. The van der Waals surface area contributed by atoms with Gasteiger partial charge in [-0.05, 0) is 36.6 Å². The molecule has 2 N–H and O–H groups in total. The monoisotopic (exact) mass is 300 g/mol. The standard InChI is InChI=1S/C18H21ClN2/c19-16-10-5-4-9-15(16)13-21-17-11-6-12-20-18(17)14-7-2-1-3-8-14/h1-5,7-10,17-18,20-21H,6,11-13H2. The van der Waals surface area contributed by atoms with Crippen LogP contribution in [-0.2, 0) is 6.54 Å². The van der Waals surface area contributed by atoms with Crippen molar-refractivity contribution in [3.8, 4) is 0 Å². The molecule has 0 aliphatic carbocycles. The molecule has 0 spiro atoms. The smallest absolute Gasteiger partial charge is 0.0476 e. The quantitative estimate of drug-likeness (QED) is 0.894. The molecule has 0 aromatic heterocycles. The van der Waals surface area contributed by atoms with Gasteiger partial charge in [0.2, 0.25) is 0 Å². The van der Waals surface area contributed by atoms with Crippen LogP contribution in [0.4, 0.5) is 0 Å². The van der Waals surface area contributed by atoms with Gasteiger partial charge in [-0.25, -0.2) is 0 Å². The summed E-state index contributed by atoms with van der Waals surface area (Å²) in [5.74, 6) is 0. The number of hydrogen-bond acceptors (Lipinski definition) is 2. The third-order valence-electron chi connectivity index (χ3n) is 4.13. The van der Waals surface area contributed by atoms with E-state index >= 15 is 0 Å². The van der Waals surface area contributed by atoms with Crippen LogP contribution in [-0.4, -0.2) is 12.6 Å². The summed E-state index contributed by atoms with van der Waals surface area (Å²) in [5, 5.41) is 8.16. The van der Waals surface area contributed by atoms with E-state index in [0.29, 0.717) is 12.1 Å². The molecule has 1 fully saturated rings. The van der Waals surface area contributed by atoms with Gasteiger partial charge in [-0.3, -0.25) is 0 Å². The van der Waals surface area contributed by atoms with Crippen LogP contribution in [0.3, 0.4) is 0 Å². The first-order chi connectivity index (χ1) is 10.3. The minimum Gasteiger partial charge on any atom is -0.309 e. The van der Waals surface area contributed by atoms with Gasteiger partial charge < -0.3 is 10.6 Å². The SMILES string of the molecule is Clc1ccccc1CNC1CCCNC1c1ccccc1. The Bertz CT molecular complexity index is 570. The average Bonchev–Trinajstić information content (AvgIpc) is 2.55. The Balaban J connectivity index is 1.69. The van der Waals surface area contributed by atoms with Crippen molar-refractivity contribution in [2.45, 2.75) is 31.5 Å². The van der Waals surface area contributed by atoms with Gasteiger partial charge in [0.1, 0.15) is 0 Å². The zero-order chi connectivity index (χ0) is 14.5. The summed E-state index contributed by atoms with van der Waals surface area (Å²) >= 11 is 6.24. The van der Waals surface area contributed by atoms with Crippen molar-refractivity contribution in [1.29, 1.82) is 0 Å². The van der Waals surface area contributed by atoms with E-state index in [1.807, 2.05) is 18.2 Å². The van der Waals surface area contributed by atoms with Crippen LogP contribution < -0.4 is 10.6 Å². The Morgan fingerprint density at radius 2 is 1.81 bits per heavy atom. The molecule has 2 unspecified atom stereocenters. The number of halogens is 1. The highest BCUT2D eigenvalue weighted by Gasteiger charge is 2.25. The Morgan fingerprint density at radius 1 is 1.05 bits per heavy atom. The average molecular weight is 301 g/mol. The third kappa shape index (κ3) is 3.65. The van der Waals surface area contributed by atoms with Crippen LogP contribution in [0, 0.1) is 0 Å². The second kappa shape index (κ2) is 7.08. The molecule has 0 saturated carbocycles. The normalized spacial score (nSPS) is 22.1. The van der Waals surface area contributed by atoms with E-state index in [0.717, 1.165) is 23.7 Å². The molecule has 3 rings (SSSR count). The van der Waals surface area contributed by atoms with Gasteiger partial charge in [0.05, 0.1) is 0 Å². The van der Waals surface area contributed by atoms with Gasteiger partial charge in [-0.15, -0.1) is 0 Å². The Kier molecular flexibility index (Phi) is 4.91. The molecule has 2 nitrogen and oxygen atoms in total. The maximum absolute atomic E-state index is 6.24. The molecule has 0 amide bonds. The third-order valence-corrected chi connectivity index (χ3v) is 4.50. The van der Waals surface area contributed by atoms with Crippen LogP contribution in [0.1, 0.15) is 30.0 Å². The summed E-state index contributed by atoms with van der Waals surface area (Å²) in [6.45, 7) is 1.90. The highest BCUT2D eigenvalue weighted by Crippen LogP contribution is 2.24. The highest BCUT2D eigenvalue weighted by atomic mass is 35.5. The Morgan fingerprint density at radius 3 is 2.62 bits per heavy atom. The lowest BCUT2D eigenvalue weighted by molar-refractivity contribution is 0.304. The number of piperidine rings is 1. The van der Waals surface area contributed by atoms with Crippen LogP contribution in [0.25, 0.3) is 0 Å². The van der Waals surface area contributed by atoms with Crippen molar-refractivity contribution in [2.24, 2.45) is 0 Å². The molecule has 3 heteroatoms. The van der Waals surface area contributed by atoms with E-state index in [2.05, 4.69) is 47.0 Å². The van der Waals surface area contributed by atoms with Crippen LogP contribution >= 0.6 is 11.6 Å². The van der Waals surface area contributed by atoms with Crippen LogP contribution in [0.2, 0.25) is 5.02 Å². The zero-order valence-corrected chi connectivity index (χ0v) is 12.8. The first-order valence-corrected chi connectivity index (χ1v) is 7.97. The number of rotatable bonds is 4. The molecule has 1 aliphatic rings. The van der Waals surface area contributed by atoms with E-state index in [1.54, 1.807) is 0 Å². The van der Waals surface area contributed by atoms with Crippen LogP contribution in [0.5, 0.6) is 0 Å². The minimum absolute atomic E-state index is 0.377. The molecule has 110 valence electrons. The van der Waals surface area contributed by atoms with Gasteiger partial charge in [0.25, 0.3) is 0 Å². The molecule has 2 aromatic rings. The second-order valence-electron chi connectivity index (χ2n) is 5.56. The fourth-order valence-electron chi connectivity index (χ4n) is 3.00. The van der Waals surface area contributed by atoms with Gasteiger partial charge >= 0.3 is 0 Å². The number of hydrogen-bond donors (Lipinski definition) is 2. The summed E-state index contributed by atoms with van der Waals surface area (Å²) < 4.78 is 0. The fraction of sp³-hybridized carbons (Fsp3) is 0.333. The van der Waals surface area contributed by atoms with Crippen molar-refractivity contribution in [3.63, 3.8) is 0 Å². The first-order valence-electron chi connectivity index (χ1n) is 7.60. The van der Waals surface area contributed by atoms with E-state index in [-0.39, 0.29) is 0 Å².